The number of rotatable bonds is 2. The molecule has 4 rings (SSSR count). The van der Waals surface area contributed by atoms with Crippen molar-refractivity contribution in [3.63, 3.8) is 0 Å². The van der Waals surface area contributed by atoms with Crippen LogP contribution in [-0.2, 0) is 17.8 Å². The molecule has 23 heavy (non-hydrogen) atoms. The molecule has 0 unspecified atom stereocenters. The van der Waals surface area contributed by atoms with E-state index in [-0.39, 0.29) is 11.9 Å². The number of hydrogen-bond donors (Lipinski definition) is 1. The first-order valence-corrected chi connectivity index (χ1v) is 9.36. The van der Waals surface area contributed by atoms with Crippen molar-refractivity contribution in [3.8, 4) is 0 Å². The lowest BCUT2D eigenvalue weighted by molar-refractivity contribution is -0.134. The van der Waals surface area contributed by atoms with Crippen LogP contribution in [0.1, 0.15) is 35.4 Å². The zero-order valence-corrected chi connectivity index (χ0v) is 14.0. The second-order valence-electron chi connectivity index (χ2n) is 6.56. The number of piperidine rings is 1. The molecule has 0 bridgehead atoms. The lowest BCUT2D eigenvalue weighted by Crippen LogP contribution is -2.51. The minimum Gasteiger partial charge on any atom is -0.341 e. The number of nitrogens with one attached hydrogen (secondary N) is 1. The molecule has 3 nitrogen and oxygen atoms in total. The van der Waals surface area contributed by atoms with Crippen molar-refractivity contribution < 1.29 is 4.79 Å². The fourth-order valence-corrected chi connectivity index (χ4v) is 4.53. The minimum absolute atomic E-state index is 0.0532. The summed E-state index contributed by atoms with van der Waals surface area (Å²) < 4.78 is 0. The smallest absolute Gasteiger partial charge is 0.240 e. The highest BCUT2D eigenvalue weighted by Gasteiger charge is 2.30. The Morgan fingerprint density at radius 3 is 2.65 bits per heavy atom. The summed E-state index contributed by atoms with van der Waals surface area (Å²) in [4.78, 5) is 14.9. The van der Waals surface area contributed by atoms with Gasteiger partial charge in [0, 0.05) is 19.6 Å². The molecule has 120 valence electrons. The molecule has 1 aromatic carbocycles. The number of thiophene rings is 1. The molecule has 1 amide bonds. The van der Waals surface area contributed by atoms with E-state index in [1.54, 1.807) is 11.3 Å². The van der Waals surface area contributed by atoms with Gasteiger partial charge in [0.1, 0.15) is 0 Å². The summed E-state index contributed by atoms with van der Waals surface area (Å²) >= 11 is 1.77. The molecule has 0 radical (unpaired) electrons. The summed E-state index contributed by atoms with van der Waals surface area (Å²) in [6, 6.07) is 10.6. The maximum absolute atomic E-state index is 12.8. The predicted molar refractivity (Wildman–Crippen MR) is 93.6 cm³/mol. The van der Waals surface area contributed by atoms with Crippen LogP contribution < -0.4 is 5.32 Å². The highest BCUT2D eigenvalue weighted by molar-refractivity contribution is 7.07. The monoisotopic (exact) mass is 326 g/mol. The Morgan fingerprint density at radius 2 is 1.91 bits per heavy atom. The van der Waals surface area contributed by atoms with Gasteiger partial charge in [0.05, 0.1) is 6.04 Å². The molecule has 2 aromatic rings. The van der Waals surface area contributed by atoms with Gasteiger partial charge in [-0.1, -0.05) is 24.3 Å². The summed E-state index contributed by atoms with van der Waals surface area (Å²) in [5.41, 5.74) is 4.09. The zero-order chi connectivity index (χ0) is 15.6. The lowest BCUT2D eigenvalue weighted by atomic mass is 9.90. The molecule has 1 N–H and O–H groups in total. The quantitative estimate of drug-likeness (QED) is 0.919. The van der Waals surface area contributed by atoms with Crippen molar-refractivity contribution in [1.82, 2.24) is 10.2 Å². The zero-order valence-electron chi connectivity index (χ0n) is 13.2. The van der Waals surface area contributed by atoms with Crippen LogP contribution in [-0.4, -0.2) is 29.9 Å². The van der Waals surface area contributed by atoms with Crippen molar-refractivity contribution in [2.75, 3.05) is 13.1 Å². The first-order chi connectivity index (χ1) is 11.3. The van der Waals surface area contributed by atoms with Gasteiger partial charge in [-0.15, -0.1) is 0 Å². The van der Waals surface area contributed by atoms with Gasteiger partial charge < -0.3 is 10.2 Å². The average molecular weight is 326 g/mol. The van der Waals surface area contributed by atoms with Gasteiger partial charge in [0.15, 0.2) is 0 Å². The third kappa shape index (κ3) is 3.06. The van der Waals surface area contributed by atoms with Crippen LogP contribution in [0.4, 0.5) is 0 Å². The number of hydrogen-bond acceptors (Lipinski definition) is 3. The number of likely N-dealkylation sites (tertiary alicyclic amines) is 1. The van der Waals surface area contributed by atoms with E-state index in [1.165, 1.54) is 16.7 Å². The Labute approximate surface area is 141 Å². The number of fused-ring (bicyclic) bond motifs is 1. The Bertz CT molecular complexity index is 674. The second-order valence-corrected chi connectivity index (χ2v) is 7.34. The molecule has 1 atom stereocenters. The topological polar surface area (TPSA) is 32.3 Å². The van der Waals surface area contributed by atoms with Crippen molar-refractivity contribution in [2.45, 2.75) is 37.8 Å². The largest absolute Gasteiger partial charge is 0.341 e. The van der Waals surface area contributed by atoms with E-state index in [1.807, 2.05) is 0 Å². The van der Waals surface area contributed by atoms with Crippen LogP contribution in [0.15, 0.2) is 41.1 Å². The highest BCUT2D eigenvalue weighted by Crippen LogP contribution is 2.30. The van der Waals surface area contributed by atoms with Gasteiger partial charge in [-0.3, -0.25) is 4.79 Å². The number of amides is 1. The number of nitrogens with zero attached hydrogens (tertiary/aromatic N) is 1. The van der Waals surface area contributed by atoms with Gasteiger partial charge in [0.2, 0.25) is 5.91 Å². The molecule has 0 aliphatic carbocycles. The predicted octanol–water partition coefficient (Wildman–Crippen LogP) is 3.17. The Balaban J connectivity index is 1.37. The van der Waals surface area contributed by atoms with Crippen LogP contribution in [0.25, 0.3) is 0 Å². The van der Waals surface area contributed by atoms with Gasteiger partial charge in [-0.2, -0.15) is 11.3 Å². The van der Waals surface area contributed by atoms with E-state index in [0.717, 1.165) is 38.9 Å². The van der Waals surface area contributed by atoms with Crippen molar-refractivity contribution in [1.29, 1.82) is 0 Å². The molecule has 4 heteroatoms. The minimum atomic E-state index is -0.0532. The van der Waals surface area contributed by atoms with Crippen LogP contribution in [0.5, 0.6) is 0 Å². The average Bonchev–Trinajstić information content (AvgIpc) is 3.15. The van der Waals surface area contributed by atoms with E-state index in [9.17, 15) is 4.79 Å². The fraction of sp³-hybridized carbons (Fsp3) is 0.421. The lowest BCUT2D eigenvalue weighted by Gasteiger charge is -2.35. The summed E-state index contributed by atoms with van der Waals surface area (Å²) in [7, 11) is 0. The van der Waals surface area contributed by atoms with Crippen molar-refractivity contribution >= 4 is 17.2 Å². The van der Waals surface area contributed by atoms with Gasteiger partial charge >= 0.3 is 0 Å². The SMILES string of the molecule is O=C([C@@H]1Cc2ccccc2CN1)N1CCC(c2ccsc2)CC1. The maximum atomic E-state index is 12.8. The molecule has 3 heterocycles. The van der Waals surface area contributed by atoms with Crippen LogP contribution in [0.2, 0.25) is 0 Å². The highest BCUT2D eigenvalue weighted by atomic mass is 32.1. The van der Waals surface area contributed by atoms with Crippen molar-refractivity contribution in [3.05, 3.63) is 57.8 Å². The summed E-state index contributed by atoms with van der Waals surface area (Å²) in [6.07, 6.45) is 3.00. The third-order valence-corrected chi connectivity index (χ3v) is 5.90. The first kappa shape index (κ1) is 14.9. The molecule has 0 saturated carbocycles. The van der Waals surface area contributed by atoms with E-state index in [2.05, 4.69) is 51.3 Å². The second kappa shape index (κ2) is 6.46. The van der Waals surface area contributed by atoms with E-state index >= 15 is 0 Å². The molecule has 2 aliphatic heterocycles. The number of benzene rings is 1. The molecule has 1 fully saturated rings. The van der Waals surface area contributed by atoms with Crippen LogP contribution in [0.3, 0.4) is 0 Å². The number of carbonyl (C=O) groups excluding carboxylic acids is 1. The Morgan fingerprint density at radius 1 is 1.13 bits per heavy atom. The van der Waals surface area contributed by atoms with Crippen molar-refractivity contribution in [2.24, 2.45) is 0 Å². The van der Waals surface area contributed by atoms with E-state index < -0.39 is 0 Å². The van der Waals surface area contributed by atoms with Crippen LogP contribution in [0, 0.1) is 0 Å². The van der Waals surface area contributed by atoms with Crippen LogP contribution >= 0.6 is 11.3 Å². The normalized spacial score (nSPS) is 21.9. The molecule has 1 saturated heterocycles. The van der Waals surface area contributed by atoms with Gasteiger partial charge in [-0.05, 0) is 58.7 Å². The summed E-state index contributed by atoms with van der Waals surface area (Å²) in [5.74, 6) is 0.911. The Hall–Kier alpha value is -1.65. The standard InChI is InChI=1S/C19H22N2OS/c22-19(18-11-15-3-1-2-4-16(15)12-20-18)21-8-5-14(6-9-21)17-7-10-23-13-17/h1-4,7,10,13-14,18,20H,5-6,8-9,11-12H2/t18-/m0/s1. The van der Waals surface area contributed by atoms with E-state index in [4.69, 9.17) is 0 Å². The molecule has 2 aliphatic rings. The van der Waals surface area contributed by atoms with Gasteiger partial charge in [0.25, 0.3) is 0 Å². The molecular formula is C19H22N2OS. The maximum Gasteiger partial charge on any atom is 0.240 e. The third-order valence-electron chi connectivity index (χ3n) is 5.20. The number of carbonyl (C=O) groups is 1. The van der Waals surface area contributed by atoms with E-state index in [0.29, 0.717) is 5.92 Å². The summed E-state index contributed by atoms with van der Waals surface area (Å²) in [6.45, 7) is 2.58. The molecule has 1 aromatic heterocycles. The molecular weight excluding hydrogens is 304 g/mol. The Kier molecular flexibility index (Phi) is 4.19. The first-order valence-electron chi connectivity index (χ1n) is 8.42. The van der Waals surface area contributed by atoms with Gasteiger partial charge in [-0.25, -0.2) is 0 Å². The molecule has 0 spiro atoms. The summed E-state index contributed by atoms with van der Waals surface area (Å²) in [5, 5.41) is 7.82. The fourth-order valence-electron chi connectivity index (χ4n) is 3.79.